The molecule has 65 heavy (non-hydrogen) atoms. The average Bonchev–Trinajstić information content (AvgIpc) is 3.86. The van der Waals surface area contributed by atoms with Crippen LogP contribution in [0.4, 0.5) is 11.4 Å². The molecule has 2 heteroatoms. The molecule has 0 saturated carbocycles. The topological polar surface area (TPSA) is 25.2 Å². The SMILES string of the molecule is CC1(C)c2cc(Nc3ccc(-c4ccc(-c5ccccc5)cc4)cc3)ccc2-c2ccc(-c3ccccc3)cc21.c1ccc(-c2cccc(-c3ccc4oc5ccccc5c4c3)c2)cc1. The lowest BCUT2D eigenvalue weighted by Gasteiger charge is -2.23. The number of nitrogens with one attached hydrogen (secondary N) is 1. The Labute approximate surface area is 381 Å². The summed E-state index contributed by atoms with van der Waals surface area (Å²) in [5.74, 6) is 0. The predicted molar refractivity (Wildman–Crippen MR) is 275 cm³/mol. The quantitative estimate of drug-likeness (QED) is 0.173. The van der Waals surface area contributed by atoms with Crippen LogP contribution < -0.4 is 5.32 Å². The molecule has 10 aromatic carbocycles. The van der Waals surface area contributed by atoms with Crippen molar-refractivity contribution in [2.75, 3.05) is 5.32 Å². The van der Waals surface area contributed by atoms with Crippen molar-refractivity contribution in [2.45, 2.75) is 19.3 Å². The summed E-state index contributed by atoms with van der Waals surface area (Å²) in [5, 5.41) is 5.98. The number of benzene rings is 10. The Morgan fingerprint density at radius 1 is 0.292 bits per heavy atom. The van der Waals surface area contributed by atoms with Crippen LogP contribution in [-0.2, 0) is 5.41 Å². The third-order valence-corrected chi connectivity index (χ3v) is 13.0. The Morgan fingerprint density at radius 3 is 1.32 bits per heavy atom. The molecular weight excluding hydrogens is 787 g/mol. The number of rotatable bonds is 7. The summed E-state index contributed by atoms with van der Waals surface area (Å²) in [6.07, 6.45) is 0. The van der Waals surface area contributed by atoms with Gasteiger partial charge in [-0.15, -0.1) is 0 Å². The molecule has 0 unspecified atom stereocenters. The molecule has 0 saturated heterocycles. The first-order chi connectivity index (χ1) is 31.9. The molecule has 11 aromatic rings. The van der Waals surface area contributed by atoms with E-state index >= 15 is 0 Å². The van der Waals surface area contributed by atoms with E-state index in [0.717, 1.165) is 22.5 Å². The third-order valence-electron chi connectivity index (χ3n) is 13.0. The minimum Gasteiger partial charge on any atom is -0.456 e. The molecule has 0 bridgehead atoms. The Morgan fingerprint density at radius 2 is 0.692 bits per heavy atom. The number of hydrogen-bond donors (Lipinski definition) is 1. The predicted octanol–water partition coefficient (Wildman–Crippen LogP) is 17.7. The second kappa shape index (κ2) is 16.8. The van der Waals surface area contributed by atoms with Crippen LogP contribution >= 0.6 is 0 Å². The van der Waals surface area contributed by atoms with Gasteiger partial charge in [0.15, 0.2) is 0 Å². The van der Waals surface area contributed by atoms with Crippen molar-refractivity contribution in [2.24, 2.45) is 0 Å². The maximum Gasteiger partial charge on any atom is 0.135 e. The van der Waals surface area contributed by atoms with Crippen LogP contribution in [0.25, 0.3) is 88.7 Å². The second-order valence-corrected chi connectivity index (χ2v) is 17.4. The molecule has 1 aliphatic carbocycles. The molecule has 2 nitrogen and oxygen atoms in total. The van der Waals surface area contributed by atoms with Gasteiger partial charge in [0.25, 0.3) is 0 Å². The minimum absolute atomic E-state index is 0.0666. The van der Waals surface area contributed by atoms with E-state index in [4.69, 9.17) is 4.42 Å². The highest BCUT2D eigenvalue weighted by atomic mass is 16.3. The van der Waals surface area contributed by atoms with E-state index in [1.165, 1.54) is 88.7 Å². The summed E-state index contributed by atoms with van der Waals surface area (Å²) in [4.78, 5) is 0. The summed E-state index contributed by atoms with van der Waals surface area (Å²) in [7, 11) is 0. The molecule has 0 aliphatic heterocycles. The third kappa shape index (κ3) is 7.81. The zero-order valence-corrected chi connectivity index (χ0v) is 36.5. The van der Waals surface area contributed by atoms with Gasteiger partial charge in [0.1, 0.15) is 11.2 Å². The first-order valence-corrected chi connectivity index (χ1v) is 22.4. The van der Waals surface area contributed by atoms with Crippen molar-refractivity contribution in [1.29, 1.82) is 0 Å². The Kier molecular flexibility index (Phi) is 10.3. The first kappa shape index (κ1) is 39.6. The summed E-state index contributed by atoms with van der Waals surface area (Å²) in [6.45, 7) is 4.68. The van der Waals surface area contributed by atoms with Crippen molar-refractivity contribution >= 4 is 33.3 Å². The molecule has 12 rings (SSSR count). The van der Waals surface area contributed by atoms with E-state index in [0.29, 0.717) is 0 Å². The van der Waals surface area contributed by atoms with Gasteiger partial charge in [-0.05, 0) is 132 Å². The zero-order valence-electron chi connectivity index (χ0n) is 36.5. The average molecular weight is 834 g/mol. The molecule has 1 N–H and O–H groups in total. The van der Waals surface area contributed by atoms with Crippen LogP contribution in [0.15, 0.2) is 247 Å². The number of furan rings is 1. The van der Waals surface area contributed by atoms with Gasteiger partial charge in [-0.3, -0.25) is 0 Å². The number of anilines is 2. The van der Waals surface area contributed by atoms with Crippen molar-refractivity contribution in [1.82, 2.24) is 0 Å². The molecule has 310 valence electrons. The van der Waals surface area contributed by atoms with Gasteiger partial charge in [0.05, 0.1) is 0 Å². The standard InChI is InChI=1S/C39H31N.C24H16O/c1-39(2)37-25-32(28-11-7-4-8-12-28)19-23-35(37)36-24-22-34(26-38(36)39)40-33-20-17-31(18-21-33)30-15-13-29(14-16-30)27-9-5-3-6-10-27;1-2-7-17(8-3-1)18-9-6-10-19(15-18)20-13-14-24-22(16-20)21-11-4-5-12-23(21)25-24/h3-26,40H,1-2H3;1-16H. The Balaban J connectivity index is 0.000000160. The van der Waals surface area contributed by atoms with E-state index in [2.05, 4.69) is 244 Å². The number of para-hydroxylation sites is 1. The Bertz CT molecular complexity index is 3440. The van der Waals surface area contributed by atoms with Gasteiger partial charge in [-0.2, -0.15) is 0 Å². The molecule has 1 aliphatic rings. The van der Waals surface area contributed by atoms with Gasteiger partial charge in [-0.25, -0.2) is 0 Å². The fourth-order valence-corrected chi connectivity index (χ4v) is 9.44. The van der Waals surface area contributed by atoms with Crippen molar-refractivity contribution < 1.29 is 4.42 Å². The largest absolute Gasteiger partial charge is 0.456 e. The van der Waals surface area contributed by atoms with Gasteiger partial charge in [-0.1, -0.05) is 202 Å². The van der Waals surface area contributed by atoms with Crippen molar-refractivity contribution in [3.8, 4) is 66.8 Å². The molecule has 0 atom stereocenters. The molecule has 0 radical (unpaired) electrons. The lowest BCUT2D eigenvalue weighted by atomic mass is 9.81. The van der Waals surface area contributed by atoms with Crippen molar-refractivity contribution in [3.63, 3.8) is 0 Å². The monoisotopic (exact) mass is 833 g/mol. The van der Waals surface area contributed by atoms with Crippen LogP contribution in [0.2, 0.25) is 0 Å². The number of hydrogen-bond acceptors (Lipinski definition) is 2. The fourth-order valence-electron chi connectivity index (χ4n) is 9.44. The van der Waals surface area contributed by atoms with E-state index in [1.54, 1.807) is 0 Å². The smallest absolute Gasteiger partial charge is 0.135 e. The van der Waals surface area contributed by atoms with Crippen LogP contribution in [0.5, 0.6) is 0 Å². The number of fused-ring (bicyclic) bond motifs is 6. The highest BCUT2D eigenvalue weighted by molar-refractivity contribution is 6.06. The molecule has 1 aromatic heterocycles. The summed E-state index contributed by atoms with van der Waals surface area (Å²) in [6, 6.07) is 86.2. The first-order valence-electron chi connectivity index (χ1n) is 22.4. The normalized spacial score (nSPS) is 12.3. The molecule has 1 heterocycles. The summed E-state index contributed by atoms with van der Waals surface area (Å²) in [5.41, 5.74) is 21.8. The van der Waals surface area contributed by atoms with E-state index in [-0.39, 0.29) is 5.41 Å². The lowest BCUT2D eigenvalue weighted by molar-refractivity contribution is 0.661. The van der Waals surface area contributed by atoms with Crippen LogP contribution in [0.3, 0.4) is 0 Å². The molecule has 0 fully saturated rings. The van der Waals surface area contributed by atoms with Crippen LogP contribution in [-0.4, -0.2) is 0 Å². The maximum atomic E-state index is 5.94. The van der Waals surface area contributed by atoms with E-state index < -0.39 is 0 Å². The maximum absolute atomic E-state index is 5.94. The lowest BCUT2D eigenvalue weighted by Crippen LogP contribution is -2.15. The minimum atomic E-state index is -0.0666. The highest BCUT2D eigenvalue weighted by Gasteiger charge is 2.35. The highest BCUT2D eigenvalue weighted by Crippen LogP contribution is 2.50. The second-order valence-electron chi connectivity index (χ2n) is 17.4. The van der Waals surface area contributed by atoms with Crippen molar-refractivity contribution in [3.05, 3.63) is 254 Å². The van der Waals surface area contributed by atoms with Gasteiger partial charge in [0.2, 0.25) is 0 Å². The fraction of sp³-hybridized carbons (Fsp3) is 0.0476. The molecule has 0 amide bonds. The summed E-state index contributed by atoms with van der Waals surface area (Å²) < 4.78 is 5.94. The molecular formula is C63H47NO. The summed E-state index contributed by atoms with van der Waals surface area (Å²) >= 11 is 0. The van der Waals surface area contributed by atoms with Crippen LogP contribution in [0.1, 0.15) is 25.0 Å². The van der Waals surface area contributed by atoms with Gasteiger partial charge in [0, 0.05) is 27.6 Å². The van der Waals surface area contributed by atoms with E-state index in [1.807, 2.05) is 18.2 Å². The zero-order chi connectivity index (χ0) is 43.7. The van der Waals surface area contributed by atoms with Gasteiger partial charge < -0.3 is 9.73 Å². The molecule has 0 spiro atoms. The van der Waals surface area contributed by atoms with Crippen LogP contribution in [0, 0.1) is 0 Å². The Hall–Kier alpha value is -8.20. The van der Waals surface area contributed by atoms with Gasteiger partial charge >= 0.3 is 0 Å². The van der Waals surface area contributed by atoms with E-state index in [9.17, 15) is 0 Å².